The summed E-state index contributed by atoms with van der Waals surface area (Å²) < 4.78 is 1.70. The van der Waals surface area contributed by atoms with Crippen LogP contribution in [-0.4, -0.2) is 45.3 Å². The monoisotopic (exact) mass is 276 g/mol. The second-order valence-electron chi connectivity index (χ2n) is 6.15. The Kier molecular flexibility index (Phi) is 3.54. The van der Waals surface area contributed by atoms with Crippen molar-refractivity contribution in [2.45, 2.75) is 57.7 Å². The van der Waals surface area contributed by atoms with E-state index in [9.17, 15) is 4.79 Å². The molecule has 1 aromatic rings. The zero-order chi connectivity index (χ0) is 14.3. The minimum Gasteiger partial charge on any atom is -0.335 e. The highest BCUT2D eigenvalue weighted by Crippen LogP contribution is 2.30. The molecule has 110 valence electrons. The molecule has 5 nitrogen and oxygen atoms in total. The van der Waals surface area contributed by atoms with Crippen molar-refractivity contribution in [3.63, 3.8) is 0 Å². The first-order valence-corrected chi connectivity index (χ1v) is 7.66. The van der Waals surface area contributed by atoms with Crippen LogP contribution in [0, 0.1) is 6.92 Å². The topological polar surface area (TPSA) is 50.2 Å². The summed E-state index contributed by atoms with van der Waals surface area (Å²) in [6, 6.07) is 3.48. The molecule has 2 saturated heterocycles. The third-order valence-electron chi connectivity index (χ3n) is 4.71. The fraction of sp³-hybridized carbons (Fsp3) is 0.733. The van der Waals surface area contributed by atoms with Crippen LogP contribution >= 0.6 is 0 Å². The van der Waals surface area contributed by atoms with E-state index in [0.29, 0.717) is 23.8 Å². The van der Waals surface area contributed by atoms with E-state index in [0.717, 1.165) is 25.1 Å². The Balaban J connectivity index is 1.79. The maximum absolute atomic E-state index is 12.8. The van der Waals surface area contributed by atoms with Crippen LogP contribution in [-0.2, 0) is 7.05 Å². The van der Waals surface area contributed by atoms with Gasteiger partial charge in [0.05, 0.1) is 5.69 Å². The lowest BCUT2D eigenvalue weighted by Gasteiger charge is -2.37. The number of nitrogens with one attached hydrogen (secondary N) is 1. The molecule has 0 spiro atoms. The van der Waals surface area contributed by atoms with E-state index in [1.807, 2.05) is 24.9 Å². The highest BCUT2D eigenvalue weighted by atomic mass is 16.2. The van der Waals surface area contributed by atoms with Crippen molar-refractivity contribution in [2.24, 2.45) is 7.05 Å². The van der Waals surface area contributed by atoms with Crippen LogP contribution in [0.25, 0.3) is 0 Å². The van der Waals surface area contributed by atoms with Crippen molar-refractivity contribution >= 4 is 5.91 Å². The van der Waals surface area contributed by atoms with Gasteiger partial charge in [0.15, 0.2) is 0 Å². The minimum absolute atomic E-state index is 0.127. The van der Waals surface area contributed by atoms with Gasteiger partial charge >= 0.3 is 0 Å². The number of nitrogens with zero attached hydrogens (tertiary/aromatic N) is 3. The summed E-state index contributed by atoms with van der Waals surface area (Å²) >= 11 is 0. The van der Waals surface area contributed by atoms with Crippen LogP contribution in [0.3, 0.4) is 0 Å². The number of aromatic nitrogens is 2. The van der Waals surface area contributed by atoms with Crippen molar-refractivity contribution in [1.82, 2.24) is 20.0 Å². The summed E-state index contributed by atoms with van der Waals surface area (Å²) in [5, 5.41) is 7.93. The molecular formula is C15H24N4O. The Morgan fingerprint density at radius 2 is 2.10 bits per heavy atom. The maximum Gasteiger partial charge on any atom is 0.272 e. The molecule has 0 saturated carbocycles. The van der Waals surface area contributed by atoms with Gasteiger partial charge in [-0.15, -0.1) is 0 Å². The fourth-order valence-electron chi connectivity index (χ4n) is 3.81. The minimum atomic E-state index is 0.127. The van der Waals surface area contributed by atoms with Crippen LogP contribution in [0.2, 0.25) is 0 Å². The van der Waals surface area contributed by atoms with Gasteiger partial charge < -0.3 is 10.2 Å². The number of hydrogen-bond acceptors (Lipinski definition) is 3. The number of piperidine rings is 1. The molecule has 1 amide bonds. The van der Waals surface area contributed by atoms with Crippen LogP contribution in [0.15, 0.2) is 6.07 Å². The lowest BCUT2D eigenvalue weighted by Crippen LogP contribution is -2.50. The van der Waals surface area contributed by atoms with Gasteiger partial charge in [-0.1, -0.05) is 0 Å². The molecule has 20 heavy (non-hydrogen) atoms. The van der Waals surface area contributed by atoms with E-state index >= 15 is 0 Å². The first-order valence-electron chi connectivity index (χ1n) is 7.66. The molecule has 2 aliphatic rings. The Morgan fingerprint density at radius 3 is 2.60 bits per heavy atom. The molecule has 2 atom stereocenters. The summed E-state index contributed by atoms with van der Waals surface area (Å²) in [7, 11) is 1.85. The van der Waals surface area contributed by atoms with Gasteiger partial charge in [-0.05, 0) is 45.6 Å². The molecule has 1 N–H and O–H groups in total. The zero-order valence-corrected chi connectivity index (χ0v) is 12.6. The van der Waals surface area contributed by atoms with Gasteiger partial charge in [0.2, 0.25) is 0 Å². The summed E-state index contributed by atoms with van der Waals surface area (Å²) in [5.41, 5.74) is 1.60. The number of rotatable bonds is 3. The summed E-state index contributed by atoms with van der Waals surface area (Å²) in [6.45, 7) is 4.77. The average Bonchev–Trinajstić information content (AvgIpc) is 2.92. The van der Waals surface area contributed by atoms with Crippen LogP contribution in [0.5, 0.6) is 0 Å². The number of carbonyl (C=O) groups excluding carboxylic acids is 1. The largest absolute Gasteiger partial charge is 0.335 e. The standard InChI is InChI=1S/C15H24N4O/c1-4-19(13-8-11-5-6-12(9-13)16-11)15(20)14-7-10(2)17-18(14)3/h7,11-13,16H,4-6,8-9H2,1-3H3. The smallest absolute Gasteiger partial charge is 0.272 e. The molecule has 5 heteroatoms. The van der Waals surface area contributed by atoms with Gasteiger partial charge in [0.25, 0.3) is 5.91 Å². The summed E-state index contributed by atoms with van der Waals surface area (Å²) in [5.74, 6) is 0.127. The van der Waals surface area contributed by atoms with Crippen molar-refractivity contribution < 1.29 is 4.79 Å². The Bertz CT molecular complexity index is 498. The zero-order valence-electron chi connectivity index (χ0n) is 12.6. The van der Waals surface area contributed by atoms with E-state index in [1.165, 1.54) is 12.8 Å². The number of fused-ring (bicyclic) bond motifs is 2. The molecular weight excluding hydrogens is 252 g/mol. The third-order valence-corrected chi connectivity index (χ3v) is 4.71. The van der Waals surface area contributed by atoms with Crippen molar-refractivity contribution in [1.29, 1.82) is 0 Å². The first kappa shape index (κ1) is 13.6. The molecule has 2 aliphatic heterocycles. The number of hydrogen-bond donors (Lipinski definition) is 1. The predicted molar refractivity (Wildman–Crippen MR) is 77.6 cm³/mol. The lowest BCUT2D eigenvalue weighted by molar-refractivity contribution is 0.0620. The van der Waals surface area contributed by atoms with E-state index in [2.05, 4.69) is 17.3 Å². The first-order chi connectivity index (χ1) is 9.58. The van der Waals surface area contributed by atoms with Crippen LogP contribution < -0.4 is 5.32 Å². The molecule has 3 rings (SSSR count). The maximum atomic E-state index is 12.8. The third kappa shape index (κ3) is 2.35. The fourth-order valence-corrected chi connectivity index (χ4v) is 3.81. The highest BCUT2D eigenvalue weighted by molar-refractivity contribution is 5.93. The van der Waals surface area contributed by atoms with Crippen molar-refractivity contribution in [3.05, 3.63) is 17.5 Å². The van der Waals surface area contributed by atoms with Gasteiger partial charge in [-0.3, -0.25) is 9.48 Å². The second-order valence-corrected chi connectivity index (χ2v) is 6.15. The summed E-state index contributed by atoms with van der Waals surface area (Å²) in [4.78, 5) is 14.8. The van der Waals surface area contributed by atoms with Gasteiger partial charge in [0.1, 0.15) is 5.69 Å². The highest BCUT2D eigenvalue weighted by Gasteiger charge is 2.37. The van der Waals surface area contributed by atoms with Gasteiger partial charge in [0, 0.05) is 31.7 Å². The van der Waals surface area contributed by atoms with Crippen molar-refractivity contribution in [3.8, 4) is 0 Å². The SMILES string of the molecule is CCN(C(=O)c1cc(C)nn1C)C1CC2CCC(C1)N2. The van der Waals surface area contributed by atoms with Gasteiger partial charge in [-0.25, -0.2) is 0 Å². The number of carbonyl (C=O) groups is 1. The van der Waals surface area contributed by atoms with Crippen LogP contribution in [0.1, 0.15) is 48.8 Å². The normalized spacial score (nSPS) is 28.6. The molecule has 0 radical (unpaired) electrons. The van der Waals surface area contributed by atoms with Gasteiger partial charge in [-0.2, -0.15) is 5.10 Å². The van der Waals surface area contributed by atoms with Crippen molar-refractivity contribution in [2.75, 3.05) is 6.54 Å². The summed E-state index contributed by atoms with van der Waals surface area (Å²) in [6.07, 6.45) is 4.70. The molecule has 1 aromatic heterocycles. The quantitative estimate of drug-likeness (QED) is 0.909. The van der Waals surface area contributed by atoms with E-state index < -0.39 is 0 Å². The molecule has 2 fully saturated rings. The van der Waals surface area contributed by atoms with E-state index in [-0.39, 0.29) is 5.91 Å². The molecule has 2 bridgehead atoms. The molecule has 2 unspecified atom stereocenters. The Labute approximate surface area is 120 Å². The number of amides is 1. The van der Waals surface area contributed by atoms with E-state index in [4.69, 9.17) is 0 Å². The van der Waals surface area contributed by atoms with E-state index in [1.54, 1.807) is 4.68 Å². The number of aryl methyl sites for hydroxylation is 2. The average molecular weight is 276 g/mol. The Hall–Kier alpha value is -1.36. The Morgan fingerprint density at radius 1 is 1.45 bits per heavy atom. The predicted octanol–water partition coefficient (Wildman–Crippen LogP) is 1.47. The molecule has 3 heterocycles. The molecule has 0 aromatic carbocycles. The molecule has 0 aliphatic carbocycles. The van der Waals surface area contributed by atoms with Crippen LogP contribution in [0.4, 0.5) is 0 Å². The second kappa shape index (κ2) is 5.20. The lowest BCUT2D eigenvalue weighted by atomic mass is 9.98.